The van der Waals surface area contributed by atoms with Crippen molar-refractivity contribution >= 4 is 5.97 Å². The van der Waals surface area contributed by atoms with Gasteiger partial charge in [-0.15, -0.1) is 0 Å². The highest BCUT2D eigenvalue weighted by molar-refractivity contribution is 5.66. The van der Waals surface area contributed by atoms with Gasteiger partial charge in [0.2, 0.25) is 0 Å². The van der Waals surface area contributed by atoms with Crippen LogP contribution in [-0.4, -0.2) is 11.1 Å². The van der Waals surface area contributed by atoms with Crippen molar-refractivity contribution in [2.24, 2.45) is 0 Å². The van der Waals surface area contributed by atoms with Crippen molar-refractivity contribution in [3.05, 3.63) is 11.6 Å². The Kier molecular flexibility index (Phi) is 3.85. The average Bonchev–Trinajstić information content (AvgIpc) is 1.92. The van der Waals surface area contributed by atoms with Crippen molar-refractivity contribution < 1.29 is 9.90 Å². The number of carboxylic acids is 1. The molecule has 1 rings (SSSR count). The molecule has 0 aromatic heterocycles. The maximum atomic E-state index is 10.1. The van der Waals surface area contributed by atoms with Gasteiger partial charge in [0.05, 0.1) is 0 Å². The van der Waals surface area contributed by atoms with Gasteiger partial charge >= 0.3 is 5.97 Å². The molecule has 1 aliphatic carbocycles. The van der Waals surface area contributed by atoms with Crippen LogP contribution in [0.3, 0.4) is 0 Å². The number of hydrogen-bond donors (Lipinski definition) is 1. The standard InChI is InChI=1S/C10H16O2/c11-10(12)8-3-1-2-5-9-6-4-7-9/h5H,1-4,6-8H2,(H,11,12). The number of hydrogen-bond acceptors (Lipinski definition) is 1. The molecule has 0 aromatic rings. The van der Waals surface area contributed by atoms with E-state index in [1.54, 1.807) is 5.57 Å². The van der Waals surface area contributed by atoms with Gasteiger partial charge in [0.15, 0.2) is 0 Å². The van der Waals surface area contributed by atoms with Crippen LogP contribution in [0, 0.1) is 0 Å². The van der Waals surface area contributed by atoms with E-state index in [1.165, 1.54) is 19.3 Å². The van der Waals surface area contributed by atoms with Gasteiger partial charge in [0, 0.05) is 6.42 Å². The molecule has 0 aliphatic heterocycles. The van der Waals surface area contributed by atoms with Gasteiger partial charge in [-0.05, 0) is 38.5 Å². The number of unbranched alkanes of at least 4 members (excludes halogenated alkanes) is 2. The largest absolute Gasteiger partial charge is 0.481 e. The van der Waals surface area contributed by atoms with E-state index >= 15 is 0 Å². The lowest BCUT2D eigenvalue weighted by Crippen LogP contribution is -1.96. The first kappa shape index (κ1) is 9.30. The molecule has 68 valence electrons. The Morgan fingerprint density at radius 2 is 2.17 bits per heavy atom. The summed E-state index contributed by atoms with van der Waals surface area (Å²) in [6.45, 7) is 0. The molecule has 0 heterocycles. The van der Waals surface area contributed by atoms with Gasteiger partial charge in [0.25, 0.3) is 0 Å². The maximum absolute atomic E-state index is 10.1. The molecule has 2 heteroatoms. The van der Waals surface area contributed by atoms with E-state index in [4.69, 9.17) is 5.11 Å². The summed E-state index contributed by atoms with van der Waals surface area (Å²) in [4.78, 5) is 10.1. The van der Waals surface area contributed by atoms with Gasteiger partial charge < -0.3 is 5.11 Å². The Labute approximate surface area is 73.3 Å². The lowest BCUT2D eigenvalue weighted by atomic mass is 9.91. The topological polar surface area (TPSA) is 37.3 Å². The molecule has 0 aromatic carbocycles. The minimum Gasteiger partial charge on any atom is -0.481 e. The van der Waals surface area contributed by atoms with Gasteiger partial charge in [-0.25, -0.2) is 0 Å². The van der Waals surface area contributed by atoms with Crippen LogP contribution < -0.4 is 0 Å². The predicted molar refractivity (Wildman–Crippen MR) is 48.0 cm³/mol. The van der Waals surface area contributed by atoms with E-state index in [2.05, 4.69) is 6.08 Å². The van der Waals surface area contributed by atoms with Gasteiger partial charge in [-0.3, -0.25) is 4.79 Å². The predicted octanol–water partition coefficient (Wildman–Crippen LogP) is 2.74. The quantitative estimate of drug-likeness (QED) is 0.506. The summed E-state index contributed by atoms with van der Waals surface area (Å²) < 4.78 is 0. The van der Waals surface area contributed by atoms with Gasteiger partial charge in [0.1, 0.15) is 0 Å². The van der Waals surface area contributed by atoms with E-state index in [-0.39, 0.29) is 0 Å². The van der Waals surface area contributed by atoms with E-state index in [0.29, 0.717) is 6.42 Å². The smallest absolute Gasteiger partial charge is 0.303 e. The zero-order valence-electron chi connectivity index (χ0n) is 7.38. The molecule has 0 radical (unpaired) electrons. The lowest BCUT2D eigenvalue weighted by molar-refractivity contribution is -0.137. The van der Waals surface area contributed by atoms with Crippen molar-refractivity contribution in [1.29, 1.82) is 0 Å². The highest BCUT2D eigenvalue weighted by Crippen LogP contribution is 2.25. The van der Waals surface area contributed by atoms with Crippen LogP contribution in [0.15, 0.2) is 11.6 Å². The third-order valence-electron chi connectivity index (χ3n) is 2.27. The molecule has 0 bridgehead atoms. The summed E-state index contributed by atoms with van der Waals surface area (Å²) in [6, 6.07) is 0. The summed E-state index contributed by atoms with van der Waals surface area (Å²) >= 11 is 0. The second kappa shape index (κ2) is 4.96. The highest BCUT2D eigenvalue weighted by atomic mass is 16.4. The number of carbonyl (C=O) groups is 1. The van der Waals surface area contributed by atoms with E-state index in [9.17, 15) is 4.79 Å². The second-order valence-corrected chi connectivity index (χ2v) is 3.36. The Morgan fingerprint density at radius 3 is 2.67 bits per heavy atom. The molecule has 1 fully saturated rings. The van der Waals surface area contributed by atoms with E-state index < -0.39 is 5.97 Å². The first-order chi connectivity index (χ1) is 5.79. The third-order valence-corrected chi connectivity index (χ3v) is 2.27. The van der Waals surface area contributed by atoms with Crippen LogP contribution in [0.1, 0.15) is 44.9 Å². The van der Waals surface area contributed by atoms with E-state index in [0.717, 1.165) is 19.3 Å². The molecule has 0 unspecified atom stereocenters. The highest BCUT2D eigenvalue weighted by Gasteiger charge is 2.06. The molecular weight excluding hydrogens is 152 g/mol. The molecule has 12 heavy (non-hydrogen) atoms. The molecule has 1 aliphatic rings. The van der Waals surface area contributed by atoms with Gasteiger partial charge in [-0.1, -0.05) is 11.6 Å². The monoisotopic (exact) mass is 168 g/mol. The van der Waals surface area contributed by atoms with Crippen molar-refractivity contribution in [3.63, 3.8) is 0 Å². The van der Waals surface area contributed by atoms with E-state index in [1.807, 2.05) is 0 Å². The molecule has 0 saturated heterocycles. The summed E-state index contributed by atoms with van der Waals surface area (Å²) in [5.41, 5.74) is 1.57. The Balaban J connectivity index is 1.92. The van der Waals surface area contributed by atoms with Crippen LogP contribution in [0.4, 0.5) is 0 Å². The lowest BCUT2D eigenvalue weighted by Gasteiger charge is -2.15. The van der Waals surface area contributed by atoms with Crippen LogP contribution in [0.5, 0.6) is 0 Å². The first-order valence-electron chi connectivity index (χ1n) is 4.69. The van der Waals surface area contributed by atoms with Crippen molar-refractivity contribution in [2.75, 3.05) is 0 Å². The molecular formula is C10H16O2. The Bertz CT molecular complexity index is 176. The SMILES string of the molecule is O=C(O)CCCCC=C1CCC1. The normalized spacial score (nSPS) is 15.5. The minimum atomic E-state index is -0.675. The van der Waals surface area contributed by atoms with Crippen molar-refractivity contribution in [3.8, 4) is 0 Å². The van der Waals surface area contributed by atoms with Crippen LogP contribution in [-0.2, 0) is 4.79 Å². The number of carboxylic acid groups (broad SMARTS) is 1. The average molecular weight is 168 g/mol. The van der Waals surface area contributed by atoms with Crippen LogP contribution >= 0.6 is 0 Å². The molecule has 2 nitrogen and oxygen atoms in total. The summed E-state index contributed by atoms with van der Waals surface area (Å²) in [5.74, 6) is -0.675. The number of allylic oxidation sites excluding steroid dienone is 2. The molecule has 0 amide bonds. The summed E-state index contributed by atoms with van der Waals surface area (Å²) in [6.07, 6.45) is 9.42. The van der Waals surface area contributed by atoms with Gasteiger partial charge in [-0.2, -0.15) is 0 Å². The zero-order valence-corrected chi connectivity index (χ0v) is 7.38. The van der Waals surface area contributed by atoms with Crippen molar-refractivity contribution in [1.82, 2.24) is 0 Å². The maximum Gasteiger partial charge on any atom is 0.303 e. The summed E-state index contributed by atoms with van der Waals surface area (Å²) in [7, 11) is 0. The molecule has 1 N–H and O–H groups in total. The molecule has 1 saturated carbocycles. The summed E-state index contributed by atoms with van der Waals surface area (Å²) in [5, 5.41) is 8.36. The number of rotatable bonds is 5. The van der Waals surface area contributed by atoms with Crippen LogP contribution in [0.25, 0.3) is 0 Å². The first-order valence-corrected chi connectivity index (χ1v) is 4.69. The Hall–Kier alpha value is -0.790. The third kappa shape index (κ3) is 3.56. The Morgan fingerprint density at radius 1 is 1.42 bits per heavy atom. The fourth-order valence-electron chi connectivity index (χ4n) is 1.31. The fourth-order valence-corrected chi connectivity index (χ4v) is 1.31. The zero-order chi connectivity index (χ0) is 8.81. The molecule has 0 spiro atoms. The number of aliphatic carboxylic acids is 1. The fraction of sp³-hybridized carbons (Fsp3) is 0.700. The van der Waals surface area contributed by atoms with Crippen molar-refractivity contribution in [2.45, 2.75) is 44.9 Å². The van der Waals surface area contributed by atoms with Crippen LogP contribution in [0.2, 0.25) is 0 Å². The molecule has 0 atom stereocenters. The second-order valence-electron chi connectivity index (χ2n) is 3.36. The minimum absolute atomic E-state index is 0.323.